The number of aryl methyl sites for hydroxylation is 3. The first-order valence-corrected chi connectivity index (χ1v) is 11.4. The minimum absolute atomic E-state index is 0.0540. The molecule has 4 aromatic rings. The molecule has 0 saturated carbocycles. The van der Waals surface area contributed by atoms with E-state index in [1.165, 1.54) is 4.88 Å². The zero-order chi connectivity index (χ0) is 20.9. The Balaban J connectivity index is 1.43. The second-order valence-electron chi connectivity index (χ2n) is 7.01. The van der Waals surface area contributed by atoms with Crippen LogP contribution in [0, 0.1) is 13.8 Å². The van der Waals surface area contributed by atoms with Crippen LogP contribution < -0.4 is 0 Å². The number of hydrogen-bond acceptors (Lipinski definition) is 7. The molecule has 0 aliphatic carbocycles. The van der Waals surface area contributed by atoms with Gasteiger partial charge in [0.15, 0.2) is 0 Å². The van der Waals surface area contributed by atoms with E-state index in [1.807, 2.05) is 66.7 Å². The molecule has 0 spiro atoms. The maximum absolute atomic E-state index is 13.1. The van der Waals surface area contributed by atoms with E-state index in [-0.39, 0.29) is 5.91 Å². The quantitative estimate of drug-likeness (QED) is 0.386. The van der Waals surface area contributed by atoms with E-state index < -0.39 is 0 Å². The zero-order valence-corrected chi connectivity index (χ0v) is 18.5. The molecule has 3 aromatic heterocycles. The summed E-state index contributed by atoms with van der Waals surface area (Å²) in [5, 5.41) is 8.24. The van der Waals surface area contributed by atoms with Gasteiger partial charge < -0.3 is 9.32 Å². The van der Waals surface area contributed by atoms with Gasteiger partial charge in [0.25, 0.3) is 5.89 Å². The Hall–Kier alpha value is -2.84. The SMILES string of the molecule is Cc1ccc(-c2nnc(CCC(=O)N(Cc3ccccc3)Cc3scnc3C)o2)s1. The number of hydrogen-bond donors (Lipinski definition) is 0. The van der Waals surface area contributed by atoms with Crippen LogP contribution in [0.2, 0.25) is 0 Å². The van der Waals surface area contributed by atoms with Gasteiger partial charge in [0.2, 0.25) is 11.8 Å². The van der Waals surface area contributed by atoms with E-state index in [1.54, 1.807) is 22.7 Å². The third-order valence-electron chi connectivity index (χ3n) is 4.72. The summed E-state index contributed by atoms with van der Waals surface area (Å²) in [5.74, 6) is 1.05. The van der Waals surface area contributed by atoms with Gasteiger partial charge in [0, 0.05) is 29.1 Å². The molecule has 0 unspecified atom stereocenters. The predicted molar refractivity (Wildman–Crippen MR) is 118 cm³/mol. The minimum Gasteiger partial charge on any atom is -0.420 e. The Morgan fingerprint density at radius 1 is 1.07 bits per heavy atom. The number of carbonyl (C=O) groups excluding carboxylic acids is 1. The first-order chi connectivity index (χ1) is 14.6. The lowest BCUT2D eigenvalue weighted by Gasteiger charge is -2.22. The van der Waals surface area contributed by atoms with Crippen LogP contribution >= 0.6 is 22.7 Å². The Bertz CT molecular complexity index is 1120. The highest BCUT2D eigenvalue weighted by atomic mass is 32.1. The second kappa shape index (κ2) is 9.32. The van der Waals surface area contributed by atoms with Crippen LogP contribution in [0.1, 0.15) is 33.3 Å². The van der Waals surface area contributed by atoms with Crippen molar-refractivity contribution in [3.05, 3.63) is 74.9 Å². The van der Waals surface area contributed by atoms with Gasteiger partial charge in [-0.3, -0.25) is 4.79 Å². The Labute approximate surface area is 183 Å². The summed E-state index contributed by atoms with van der Waals surface area (Å²) in [6.45, 7) is 5.12. The summed E-state index contributed by atoms with van der Waals surface area (Å²) in [7, 11) is 0. The van der Waals surface area contributed by atoms with Gasteiger partial charge in [-0.2, -0.15) is 0 Å². The van der Waals surface area contributed by atoms with Gasteiger partial charge in [-0.25, -0.2) is 4.98 Å². The predicted octanol–water partition coefficient (Wildman–Crippen LogP) is 5.03. The number of amides is 1. The van der Waals surface area contributed by atoms with Crippen molar-refractivity contribution in [2.24, 2.45) is 0 Å². The van der Waals surface area contributed by atoms with E-state index in [2.05, 4.69) is 15.2 Å². The molecule has 0 bridgehead atoms. The van der Waals surface area contributed by atoms with Gasteiger partial charge in [-0.1, -0.05) is 30.3 Å². The summed E-state index contributed by atoms with van der Waals surface area (Å²) in [6, 6.07) is 14.0. The first-order valence-electron chi connectivity index (χ1n) is 9.68. The van der Waals surface area contributed by atoms with Crippen molar-refractivity contribution in [1.29, 1.82) is 0 Å². The maximum Gasteiger partial charge on any atom is 0.257 e. The first kappa shape index (κ1) is 20.4. The molecule has 4 rings (SSSR count). The molecule has 3 heterocycles. The summed E-state index contributed by atoms with van der Waals surface area (Å²) in [4.78, 5) is 22.5. The lowest BCUT2D eigenvalue weighted by molar-refractivity contribution is -0.132. The third kappa shape index (κ3) is 5.01. The molecule has 0 aliphatic rings. The van der Waals surface area contributed by atoms with Crippen molar-refractivity contribution in [3.8, 4) is 10.8 Å². The number of nitrogens with zero attached hydrogens (tertiary/aromatic N) is 4. The van der Waals surface area contributed by atoms with E-state index in [9.17, 15) is 4.79 Å². The van der Waals surface area contributed by atoms with E-state index in [4.69, 9.17) is 4.42 Å². The number of aromatic nitrogens is 3. The summed E-state index contributed by atoms with van der Waals surface area (Å²) in [6.07, 6.45) is 0.735. The van der Waals surface area contributed by atoms with Gasteiger partial charge in [0.1, 0.15) is 0 Å². The lowest BCUT2D eigenvalue weighted by Crippen LogP contribution is -2.30. The van der Waals surface area contributed by atoms with Crippen LogP contribution in [0.25, 0.3) is 10.8 Å². The van der Waals surface area contributed by atoms with Crippen LogP contribution in [-0.2, 0) is 24.3 Å². The molecular formula is C22H22N4O2S2. The van der Waals surface area contributed by atoms with Gasteiger partial charge in [-0.15, -0.1) is 32.9 Å². The highest BCUT2D eigenvalue weighted by Crippen LogP contribution is 2.26. The topological polar surface area (TPSA) is 72.1 Å². The second-order valence-corrected chi connectivity index (χ2v) is 9.23. The fraction of sp³-hybridized carbons (Fsp3) is 0.273. The molecule has 6 nitrogen and oxygen atoms in total. The molecule has 1 amide bonds. The van der Waals surface area contributed by atoms with Gasteiger partial charge in [-0.05, 0) is 31.5 Å². The van der Waals surface area contributed by atoms with Crippen LogP contribution in [-0.4, -0.2) is 26.0 Å². The standard InChI is InChI=1S/C22H22N4O2S2/c1-15-8-9-18(30-15)22-25-24-20(28-22)10-11-21(27)26(12-17-6-4-3-5-7-17)13-19-16(2)23-14-29-19/h3-9,14H,10-13H2,1-2H3. The van der Waals surface area contributed by atoms with E-state index in [0.29, 0.717) is 37.7 Å². The largest absolute Gasteiger partial charge is 0.420 e. The van der Waals surface area contributed by atoms with Gasteiger partial charge in [0.05, 0.1) is 22.6 Å². The van der Waals surface area contributed by atoms with E-state index >= 15 is 0 Å². The molecule has 8 heteroatoms. The molecule has 0 radical (unpaired) electrons. The monoisotopic (exact) mass is 438 g/mol. The summed E-state index contributed by atoms with van der Waals surface area (Å²) < 4.78 is 5.77. The summed E-state index contributed by atoms with van der Waals surface area (Å²) in [5.41, 5.74) is 3.89. The molecule has 0 saturated heterocycles. The van der Waals surface area contributed by atoms with Crippen molar-refractivity contribution < 1.29 is 9.21 Å². The number of rotatable bonds is 8. The van der Waals surface area contributed by atoms with Crippen LogP contribution in [0.4, 0.5) is 0 Å². The maximum atomic E-state index is 13.1. The number of benzene rings is 1. The molecule has 30 heavy (non-hydrogen) atoms. The Kier molecular flexibility index (Phi) is 6.35. The zero-order valence-electron chi connectivity index (χ0n) is 16.9. The number of carbonyl (C=O) groups is 1. The normalized spacial score (nSPS) is 11.0. The molecule has 0 atom stereocenters. The van der Waals surface area contributed by atoms with Crippen LogP contribution in [0.3, 0.4) is 0 Å². The van der Waals surface area contributed by atoms with E-state index in [0.717, 1.165) is 21.0 Å². The van der Waals surface area contributed by atoms with Crippen LogP contribution in [0.15, 0.2) is 52.4 Å². The molecule has 1 aromatic carbocycles. The highest BCUT2D eigenvalue weighted by Gasteiger charge is 2.18. The average Bonchev–Trinajstić information content (AvgIpc) is 3.48. The third-order valence-corrected chi connectivity index (χ3v) is 6.63. The highest BCUT2D eigenvalue weighted by molar-refractivity contribution is 7.15. The van der Waals surface area contributed by atoms with Crippen molar-refractivity contribution >= 4 is 28.6 Å². The smallest absolute Gasteiger partial charge is 0.257 e. The lowest BCUT2D eigenvalue weighted by atomic mass is 10.2. The van der Waals surface area contributed by atoms with Crippen molar-refractivity contribution in [2.45, 2.75) is 39.8 Å². The fourth-order valence-corrected chi connectivity index (χ4v) is 4.64. The number of thiazole rings is 1. The Morgan fingerprint density at radius 3 is 2.60 bits per heavy atom. The summed E-state index contributed by atoms with van der Waals surface area (Å²) >= 11 is 3.19. The Morgan fingerprint density at radius 2 is 1.90 bits per heavy atom. The van der Waals surface area contributed by atoms with Crippen molar-refractivity contribution in [2.75, 3.05) is 0 Å². The molecule has 0 N–H and O–H groups in total. The molecular weight excluding hydrogens is 416 g/mol. The van der Waals surface area contributed by atoms with Crippen LogP contribution in [0.5, 0.6) is 0 Å². The molecule has 0 fully saturated rings. The fourth-order valence-electron chi connectivity index (χ4n) is 3.06. The average molecular weight is 439 g/mol. The number of thiophene rings is 1. The van der Waals surface area contributed by atoms with Crippen molar-refractivity contribution in [1.82, 2.24) is 20.1 Å². The molecule has 0 aliphatic heterocycles. The van der Waals surface area contributed by atoms with Gasteiger partial charge >= 0.3 is 0 Å². The molecule has 154 valence electrons. The van der Waals surface area contributed by atoms with Crippen molar-refractivity contribution in [3.63, 3.8) is 0 Å². The minimum atomic E-state index is 0.0540.